The highest BCUT2D eigenvalue weighted by atomic mass is 35.5. The van der Waals surface area contributed by atoms with E-state index in [0.29, 0.717) is 48.2 Å². The molecule has 0 bridgehead atoms. The summed E-state index contributed by atoms with van der Waals surface area (Å²) < 4.78 is 49.0. The van der Waals surface area contributed by atoms with Gasteiger partial charge in [0.05, 0.1) is 16.4 Å². The fourth-order valence-electron chi connectivity index (χ4n) is 4.76. The maximum atomic E-state index is 14.3. The van der Waals surface area contributed by atoms with Crippen molar-refractivity contribution in [2.75, 3.05) is 37.8 Å². The van der Waals surface area contributed by atoms with E-state index in [9.17, 15) is 18.4 Å². The Balaban J connectivity index is 1.24. The molecule has 0 saturated carbocycles. The lowest BCUT2D eigenvalue weighted by Crippen LogP contribution is -2.49. The molecule has 1 spiro atoms. The lowest BCUT2D eigenvalue weighted by Gasteiger charge is -2.45. The van der Waals surface area contributed by atoms with Gasteiger partial charge in [0.1, 0.15) is 29.8 Å². The lowest BCUT2D eigenvalue weighted by atomic mass is 9.84. The summed E-state index contributed by atoms with van der Waals surface area (Å²) in [5.41, 5.74) is -0.260. The van der Waals surface area contributed by atoms with Gasteiger partial charge in [-0.25, -0.2) is 4.39 Å². The topological polar surface area (TPSA) is 51.9 Å². The third kappa shape index (κ3) is 3.69. The van der Waals surface area contributed by atoms with Crippen molar-refractivity contribution in [3.63, 3.8) is 0 Å². The number of nitrogens with zero attached hydrogens (tertiary/aromatic N) is 4. The average molecular weight is 481 g/mol. The van der Waals surface area contributed by atoms with Crippen molar-refractivity contribution in [2.45, 2.75) is 24.4 Å². The Bertz CT molecular complexity index is 1110. The zero-order valence-corrected chi connectivity index (χ0v) is 18.6. The second-order valence-electron chi connectivity index (χ2n) is 8.44. The molecule has 1 aromatic carbocycles. The van der Waals surface area contributed by atoms with Crippen molar-refractivity contribution in [1.29, 1.82) is 5.26 Å². The molecule has 1 aromatic heterocycles. The summed E-state index contributed by atoms with van der Waals surface area (Å²) in [5, 5.41) is 15.1. The molecule has 1 fully saturated rings. The zero-order chi connectivity index (χ0) is 22.5. The van der Waals surface area contributed by atoms with Crippen LogP contribution in [0.15, 0.2) is 29.4 Å². The summed E-state index contributed by atoms with van der Waals surface area (Å²) in [5.74, 6) is -3.42. The molecule has 1 atom stereocenters. The number of alkyl halides is 2. The lowest BCUT2D eigenvalue weighted by molar-refractivity contribution is -0.181. The minimum Gasteiger partial charge on any atom is -0.363 e. The minimum absolute atomic E-state index is 0.00366. The predicted molar refractivity (Wildman–Crippen MR) is 117 cm³/mol. The number of hydrogen-bond acceptors (Lipinski definition) is 6. The van der Waals surface area contributed by atoms with Gasteiger partial charge in [0.15, 0.2) is 0 Å². The number of hydrazone groups is 1. The van der Waals surface area contributed by atoms with Crippen molar-refractivity contribution in [1.82, 2.24) is 4.90 Å². The second-order valence-corrected chi connectivity index (χ2v) is 10.1. The molecule has 5 nitrogen and oxygen atoms in total. The number of piperidine rings is 1. The van der Waals surface area contributed by atoms with Gasteiger partial charge in [0.2, 0.25) is 0 Å². The van der Waals surface area contributed by atoms with Gasteiger partial charge < -0.3 is 9.64 Å². The first-order chi connectivity index (χ1) is 15.3. The molecule has 2 aromatic rings. The molecule has 0 radical (unpaired) electrons. The van der Waals surface area contributed by atoms with Crippen LogP contribution in [0, 0.1) is 23.1 Å². The molecule has 1 unspecified atom stereocenters. The Morgan fingerprint density at radius 1 is 1.31 bits per heavy atom. The van der Waals surface area contributed by atoms with E-state index in [-0.39, 0.29) is 22.7 Å². The van der Waals surface area contributed by atoms with E-state index < -0.39 is 23.9 Å². The monoisotopic (exact) mass is 480 g/mol. The summed E-state index contributed by atoms with van der Waals surface area (Å²) >= 11 is 7.26. The highest BCUT2D eigenvalue weighted by molar-refractivity contribution is 7.16. The van der Waals surface area contributed by atoms with Crippen molar-refractivity contribution < 1.29 is 17.9 Å². The van der Waals surface area contributed by atoms with Crippen LogP contribution in [-0.4, -0.2) is 43.9 Å². The van der Waals surface area contributed by atoms with Gasteiger partial charge in [-0.05, 0) is 31.0 Å². The third-order valence-electron chi connectivity index (χ3n) is 6.39. The van der Waals surface area contributed by atoms with Crippen molar-refractivity contribution >= 4 is 34.8 Å². The largest absolute Gasteiger partial charge is 0.363 e. The van der Waals surface area contributed by atoms with Gasteiger partial charge in [-0.15, -0.1) is 11.3 Å². The van der Waals surface area contributed by atoms with Crippen LogP contribution in [-0.2, 0) is 16.3 Å². The van der Waals surface area contributed by atoms with Gasteiger partial charge in [0, 0.05) is 42.2 Å². The number of benzene rings is 1. The molecular weight excluding hydrogens is 461 g/mol. The number of para-hydroxylation sites is 1. The van der Waals surface area contributed by atoms with Crippen LogP contribution >= 0.6 is 22.9 Å². The molecule has 4 heterocycles. The number of nitriles is 1. The SMILES string of the molecule is N#Cc1cccc(F)c1N1CC(CN2CCC3(CC2)OCC(F)(F)c2cc(Cl)sc23)C=N1. The van der Waals surface area contributed by atoms with E-state index in [1.807, 2.05) is 6.07 Å². The minimum atomic E-state index is -3.01. The van der Waals surface area contributed by atoms with E-state index in [1.54, 1.807) is 12.3 Å². The number of likely N-dealkylation sites (tertiary alicyclic amines) is 1. The quantitative estimate of drug-likeness (QED) is 0.624. The molecule has 0 amide bonds. The Morgan fingerprint density at radius 2 is 2.09 bits per heavy atom. The number of ether oxygens (including phenoxy) is 1. The molecule has 5 rings (SSSR count). The maximum absolute atomic E-state index is 14.3. The van der Waals surface area contributed by atoms with Gasteiger partial charge >= 0.3 is 0 Å². The smallest absolute Gasteiger partial charge is 0.297 e. The van der Waals surface area contributed by atoms with Crippen LogP contribution in [0.5, 0.6) is 0 Å². The Morgan fingerprint density at radius 3 is 2.84 bits per heavy atom. The van der Waals surface area contributed by atoms with Crippen molar-refractivity contribution in [3.8, 4) is 6.07 Å². The normalized spacial score (nSPS) is 24.0. The van der Waals surface area contributed by atoms with Crippen LogP contribution < -0.4 is 5.01 Å². The Hall–Kier alpha value is -2.12. The number of rotatable bonds is 3. The zero-order valence-electron chi connectivity index (χ0n) is 17.0. The van der Waals surface area contributed by atoms with Crippen LogP contribution in [0.4, 0.5) is 18.9 Å². The van der Waals surface area contributed by atoms with Crippen molar-refractivity contribution in [2.24, 2.45) is 11.0 Å². The predicted octanol–water partition coefficient (Wildman–Crippen LogP) is 4.95. The first kappa shape index (κ1) is 21.7. The van der Waals surface area contributed by atoms with Crippen LogP contribution in [0.1, 0.15) is 28.8 Å². The molecule has 3 aliphatic rings. The summed E-state index contributed by atoms with van der Waals surface area (Å²) in [7, 11) is 0. The van der Waals surface area contributed by atoms with E-state index in [4.69, 9.17) is 16.3 Å². The number of fused-ring (bicyclic) bond motifs is 2. The number of anilines is 1. The first-order valence-electron chi connectivity index (χ1n) is 10.4. The summed E-state index contributed by atoms with van der Waals surface area (Å²) in [6, 6.07) is 7.79. The van der Waals surface area contributed by atoms with E-state index in [2.05, 4.69) is 10.0 Å². The summed E-state index contributed by atoms with van der Waals surface area (Å²) in [6.07, 6.45) is 2.99. The second kappa shape index (κ2) is 8.03. The highest BCUT2D eigenvalue weighted by Crippen LogP contribution is 2.52. The van der Waals surface area contributed by atoms with E-state index >= 15 is 0 Å². The summed E-state index contributed by atoms with van der Waals surface area (Å²) in [4.78, 5) is 2.80. The first-order valence-corrected chi connectivity index (χ1v) is 11.6. The fraction of sp³-hybridized carbons (Fsp3) is 0.455. The Labute approximate surface area is 192 Å². The number of halogens is 4. The van der Waals surface area contributed by atoms with Crippen LogP contribution in [0.3, 0.4) is 0 Å². The molecule has 168 valence electrons. The highest BCUT2D eigenvalue weighted by Gasteiger charge is 2.51. The molecule has 3 aliphatic heterocycles. The fourth-order valence-corrected chi connectivity index (χ4v) is 6.24. The van der Waals surface area contributed by atoms with Gasteiger partial charge in [-0.1, -0.05) is 17.7 Å². The molecule has 32 heavy (non-hydrogen) atoms. The maximum Gasteiger partial charge on any atom is 0.297 e. The van der Waals surface area contributed by atoms with Crippen molar-refractivity contribution in [3.05, 3.63) is 50.4 Å². The van der Waals surface area contributed by atoms with E-state index in [0.717, 1.165) is 0 Å². The summed E-state index contributed by atoms with van der Waals surface area (Å²) in [6.45, 7) is 1.94. The van der Waals surface area contributed by atoms with Gasteiger partial charge in [-0.3, -0.25) is 5.01 Å². The molecular formula is C22H20ClF3N4OS. The van der Waals surface area contributed by atoms with Crippen LogP contribution in [0.25, 0.3) is 0 Å². The third-order valence-corrected chi connectivity index (χ3v) is 7.84. The van der Waals surface area contributed by atoms with E-state index in [1.165, 1.54) is 34.5 Å². The molecule has 0 aliphatic carbocycles. The standard InChI is InChI=1S/C22H20ClF3N4OS/c23-18-8-16-20(32-18)21(31-13-22(16,25)26)4-6-29(7-5-21)11-14-10-28-30(12-14)19-15(9-27)2-1-3-17(19)24/h1-3,8,10,14H,4-7,11-13H2. The van der Waals surface area contributed by atoms with Gasteiger partial charge in [0.25, 0.3) is 5.92 Å². The number of hydrogen-bond donors (Lipinski definition) is 0. The molecule has 0 N–H and O–H groups in total. The molecule has 1 saturated heterocycles. The average Bonchev–Trinajstić information content (AvgIpc) is 3.40. The van der Waals surface area contributed by atoms with Gasteiger partial charge in [-0.2, -0.15) is 19.1 Å². The Kier molecular flexibility index (Phi) is 5.45. The molecule has 10 heteroatoms. The van der Waals surface area contributed by atoms with Crippen LogP contribution in [0.2, 0.25) is 4.34 Å². The number of thiophene rings is 1.